The number of nitrogens with two attached hydrogens (primary N) is 1. The second-order valence-electron chi connectivity index (χ2n) is 8.42. The Balaban J connectivity index is 0.000000306. The molecule has 0 saturated carbocycles. The van der Waals surface area contributed by atoms with Crippen LogP contribution >= 0.6 is 0 Å². The number of benzene rings is 2. The van der Waals surface area contributed by atoms with Gasteiger partial charge in [-0.05, 0) is 32.1 Å². The van der Waals surface area contributed by atoms with Crippen LogP contribution in [0.1, 0.15) is 24.5 Å². The second-order valence-corrected chi connectivity index (χ2v) is 8.42. The van der Waals surface area contributed by atoms with Crippen molar-refractivity contribution in [1.29, 1.82) is 0 Å². The fraction of sp³-hybridized carbons (Fsp3) is 0.357. The summed E-state index contributed by atoms with van der Waals surface area (Å²) in [6, 6.07) is 20.4. The van der Waals surface area contributed by atoms with Crippen molar-refractivity contribution >= 4 is 11.9 Å². The summed E-state index contributed by atoms with van der Waals surface area (Å²) in [6.07, 6.45) is 1.71. The van der Waals surface area contributed by atoms with Crippen molar-refractivity contribution in [2.45, 2.75) is 26.4 Å². The number of aliphatic hydroxyl groups excluding tert-OH is 1. The van der Waals surface area contributed by atoms with E-state index in [1.54, 1.807) is 6.92 Å². The zero-order chi connectivity index (χ0) is 26.8. The topological polar surface area (TPSA) is 105 Å². The van der Waals surface area contributed by atoms with Crippen LogP contribution < -0.4 is 5.73 Å². The lowest BCUT2D eigenvalue weighted by Gasteiger charge is -2.16. The van der Waals surface area contributed by atoms with Crippen LogP contribution in [0, 0.1) is 0 Å². The third-order valence-corrected chi connectivity index (χ3v) is 4.73. The molecule has 0 atom stereocenters. The standard InChI is InChI=1S/C14H20N2O2.C10H15NO.C4H4O2/c1-12(15)10-14(17)18-9-8-16(2)11-13-6-4-3-5-7-13;1-11(7-8-12)9-10-5-3-2-4-6-10;1-3-2-4(5)6-3/h3-7,10H,8-9,11,15H2,1-2H3;2-6,12H,7-9H2,1H3;1-2H2/b12-10+;;. The second kappa shape index (κ2) is 17.9. The molecule has 2 aromatic carbocycles. The number of ether oxygens (including phenoxy) is 2. The molecule has 36 heavy (non-hydrogen) atoms. The first-order valence-corrected chi connectivity index (χ1v) is 11.7. The predicted molar refractivity (Wildman–Crippen MR) is 141 cm³/mol. The first-order valence-electron chi connectivity index (χ1n) is 11.7. The molecule has 0 unspecified atom stereocenters. The molecule has 196 valence electrons. The number of carbonyl (C=O) groups excluding carboxylic acids is 2. The van der Waals surface area contributed by atoms with Crippen LogP contribution in [-0.4, -0.2) is 67.2 Å². The maximum atomic E-state index is 11.2. The monoisotopic (exact) mass is 497 g/mol. The number of allylic oxidation sites excluding steroid dienone is 1. The number of hydrogen-bond donors (Lipinski definition) is 2. The Morgan fingerprint density at radius 1 is 1.03 bits per heavy atom. The van der Waals surface area contributed by atoms with Gasteiger partial charge in [0.25, 0.3) is 0 Å². The van der Waals surface area contributed by atoms with Gasteiger partial charge in [-0.3, -0.25) is 14.6 Å². The Morgan fingerprint density at radius 3 is 1.86 bits per heavy atom. The van der Waals surface area contributed by atoms with Gasteiger partial charge in [0.15, 0.2) is 0 Å². The molecule has 0 aromatic heterocycles. The van der Waals surface area contributed by atoms with Crippen LogP contribution in [0.15, 0.2) is 84.8 Å². The van der Waals surface area contributed by atoms with E-state index in [1.165, 1.54) is 17.2 Å². The average Bonchev–Trinajstić information content (AvgIpc) is 2.80. The van der Waals surface area contributed by atoms with Crippen LogP contribution in [0.2, 0.25) is 0 Å². The number of likely N-dealkylation sites (N-methyl/N-ethyl adjacent to an activating group) is 2. The van der Waals surface area contributed by atoms with Gasteiger partial charge in [-0.1, -0.05) is 67.2 Å². The molecule has 0 aliphatic carbocycles. The number of carbonyl (C=O) groups is 2. The highest BCUT2D eigenvalue weighted by molar-refractivity contribution is 5.82. The summed E-state index contributed by atoms with van der Waals surface area (Å²) in [6.45, 7) is 8.78. The van der Waals surface area contributed by atoms with Crippen molar-refractivity contribution in [2.24, 2.45) is 5.73 Å². The Labute approximate surface area is 214 Å². The number of esters is 2. The highest BCUT2D eigenvalue weighted by Gasteiger charge is 2.17. The predicted octanol–water partition coefficient (Wildman–Crippen LogP) is 3.08. The van der Waals surface area contributed by atoms with Crippen molar-refractivity contribution in [1.82, 2.24) is 9.80 Å². The van der Waals surface area contributed by atoms with E-state index in [9.17, 15) is 9.59 Å². The largest absolute Gasteiger partial charge is 0.461 e. The Hall–Kier alpha value is -3.46. The molecule has 3 rings (SSSR count). The van der Waals surface area contributed by atoms with Gasteiger partial charge in [0, 0.05) is 38.0 Å². The van der Waals surface area contributed by atoms with E-state index in [0.29, 0.717) is 31.0 Å². The summed E-state index contributed by atoms with van der Waals surface area (Å²) in [5.41, 5.74) is 8.36. The van der Waals surface area contributed by atoms with Crippen molar-refractivity contribution < 1.29 is 24.2 Å². The first kappa shape index (κ1) is 30.6. The molecule has 0 bridgehead atoms. The number of hydrogen-bond acceptors (Lipinski definition) is 8. The van der Waals surface area contributed by atoms with E-state index in [0.717, 1.165) is 19.6 Å². The molecule has 1 heterocycles. The lowest BCUT2D eigenvalue weighted by Crippen LogP contribution is -2.23. The van der Waals surface area contributed by atoms with Crippen molar-refractivity contribution in [3.05, 3.63) is 95.9 Å². The molecule has 1 saturated heterocycles. The van der Waals surface area contributed by atoms with Gasteiger partial charge in [-0.2, -0.15) is 0 Å². The van der Waals surface area contributed by atoms with Crippen LogP contribution in [-0.2, 0) is 32.2 Å². The Bertz CT molecular complexity index is 922. The number of aliphatic hydroxyl groups is 1. The van der Waals surface area contributed by atoms with Crippen LogP contribution in [0.25, 0.3) is 0 Å². The molecule has 8 heteroatoms. The molecule has 0 radical (unpaired) electrons. The zero-order valence-electron chi connectivity index (χ0n) is 21.6. The minimum Gasteiger partial charge on any atom is -0.461 e. The quantitative estimate of drug-likeness (QED) is 0.381. The average molecular weight is 498 g/mol. The number of nitrogens with zero attached hydrogens (tertiary/aromatic N) is 2. The molecule has 8 nitrogen and oxygen atoms in total. The molecule has 0 spiro atoms. The van der Waals surface area contributed by atoms with Gasteiger partial charge in [0.2, 0.25) is 0 Å². The van der Waals surface area contributed by atoms with Gasteiger partial charge in [0.05, 0.1) is 6.61 Å². The molecule has 3 N–H and O–H groups in total. The normalized spacial score (nSPS) is 12.6. The van der Waals surface area contributed by atoms with E-state index in [4.69, 9.17) is 15.6 Å². The van der Waals surface area contributed by atoms with Crippen LogP contribution in [0.4, 0.5) is 0 Å². The lowest BCUT2D eigenvalue weighted by molar-refractivity contribution is -0.148. The zero-order valence-corrected chi connectivity index (χ0v) is 21.6. The molecular weight excluding hydrogens is 458 g/mol. The van der Waals surface area contributed by atoms with Gasteiger partial charge in [0.1, 0.15) is 18.8 Å². The summed E-state index contributed by atoms with van der Waals surface area (Å²) in [5, 5.41) is 8.67. The molecule has 2 aromatic rings. The number of rotatable bonds is 10. The fourth-order valence-electron chi connectivity index (χ4n) is 2.96. The van der Waals surface area contributed by atoms with Crippen molar-refractivity contribution in [3.63, 3.8) is 0 Å². The lowest BCUT2D eigenvalue weighted by atomic mass is 10.2. The smallest absolute Gasteiger partial charge is 0.332 e. The highest BCUT2D eigenvalue weighted by atomic mass is 16.6. The molecular formula is C28H39N3O5. The van der Waals surface area contributed by atoms with Gasteiger partial charge < -0.3 is 20.3 Å². The molecule has 1 aliphatic heterocycles. The van der Waals surface area contributed by atoms with E-state index < -0.39 is 0 Å². The molecule has 1 fully saturated rings. The van der Waals surface area contributed by atoms with E-state index in [1.807, 2.05) is 50.5 Å². The van der Waals surface area contributed by atoms with Crippen LogP contribution in [0.3, 0.4) is 0 Å². The van der Waals surface area contributed by atoms with Crippen molar-refractivity contribution in [3.8, 4) is 0 Å². The minimum absolute atomic E-state index is 0.167. The van der Waals surface area contributed by atoms with E-state index >= 15 is 0 Å². The third-order valence-electron chi connectivity index (χ3n) is 4.73. The first-order chi connectivity index (χ1) is 17.2. The van der Waals surface area contributed by atoms with Gasteiger partial charge in [-0.25, -0.2) is 4.79 Å². The third kappa shape index (κ3) is 15.4. The number of cyclic esters (lactones) is 1. The highest BCUT2D eigenvalue weighted by Crippen LogP contribution is 2.13. The maximum absolute atomic E-state index is 11.2. The van der Waals surface area contributed by atoms with Gasteiger partial charge in [-0.15, -0.1) is 0 Å². The summed E-state index contributed by atoms with van der Waals surface area (Å²) in [5.74, 6) is 0.0307. The summed E-state index contributed by atoms with van der Waals surface area (Å²) >= 11 is 0. The van der Waals surface area contributed by atoms with Crippen LogP contribution in [0.5, 0.6) is 0 Å². The van der Waals surface area contributed by atoms with E-state index in [-0.39, 0.29) is 18.5 Å². The van der Waals surface area contributed by atoms with Crippen molar-refractivity contribution in [2.75, 3.05) is 40.4 Å². The van der Waals surface area contributed by atoms with E-state index in [2.05, 4.69) is 45.4 Å². The maximum Gasteiger partial charge on any atom is 0.332 e. The summed E-state index contributed by atoms with van der Waals surface area (Å²) in [7, 11) is 3.99. The SMILES string of the molecule is C/C(N)=C\C(=O)OCCN(C)Cc1ccccc1.C=C1CC(=O)O1.CN(CCO)Cc1ccccc1. The summed E-state index contributed by atoms with van der Waals surface area (Å²) < 4.78 is 9.33. The van der Waals surface area contributed by atoms with Gasteiger partial charge >= 0.3 is 11.9 Å². The summed E-state index contributed by atoms with van der Waals surface area (Å²) in [4.78, 5) is 25.2. The minimum atomic E-state index is -0.386. The Kier molecular flexibility index (Phi) is 15.2. The molecule has 1 aliphatic rings. The Morgan fingerprint density at radius 2 is 1.50 bits per heavy atom. The fourth-order valence-corrected chi connectivity index (χ4v) is 2.96. The molecule has 0 amide bonds.